The number of benzene rings is 1. The van der Waals surface area contributed by atoms with Gasteiger partial charge in [0.1, 0.15) is 0 Å². The Hall–Kier alpha value is -0.960. The van der Waals surface area contributed by atoms with Crippen LogP contribution in [-0.2, 0) is 12.3 Å². The quantitative estimate of drug-likeness (QED) is 0.835. The van der Waals surface area contributed by atoms with Crippen LogP contribution in [0.2, 0.25) is 0 Å². The average Bonchev–Trinajstić information content (AvgIpc) is 2.30. The molecule has 1 aromatic carbocycles. The largest absolute Gasteiger partial charge is 0.330 e. The molecule has 0 saturated carbocycles. The van der Waals surface area contributed by atoms with E-state index in [0.717, 1.165) is 18.4 Å². The lowest BCUT2D eigenvalue weighted by Crippen LogP contribution is -2.40. The van der Waals surface area contributed by atoms with E-state index in [2.05, 4.69) is 6.92 Å². The molecule has 1 aromatic rings. The summed E-state index contributed by atoms with van der Waals surface area (Å²) in [5.74, 6) is -2.90. The maximum absolute atomic E-state index is 14.2. The first-order valence-electron chi connectivity index (χ1n) is 6.02. The number of hydrogen-bond acceptors (Lipinski definition) is 1. The molecule has 0 amide bonds. The van der Waals surface area contributed by atoms with E-state index in [1.165, 1.54) is 26.0 Å². The van der Waals surface area contributed by atoms with Gasteiger partial charge in [-0.15, -0.1) is 0 Å². The molecule has 0 atom stereocenters. The third-order valence-electron chi connectivity index (χ3n) is 3.22. The summed E-state index contributed by atoms with van der Waals surface area (Å²) in [5, 5.41) is 0. The summed E-state index contributed by atoms with van der Waals surface area (Å²) in [6.07, 6.45) is 1.94. The molecule has 0 aliphatic heterocycles. The molecule has 2 N–H and O–H groups in total. The Morgan fingerprint density at radius 2 is 1.65 bits per heavy atom. The van der Waals surface area contributed by atoms with Gasteiger partial charge < -0.3 is 5.73 Å². The van der Waals surface area contributed by atoms with Crippen LogP contribution in [0.3, 0.4) is 0 Å². The first kappa shape index (κ1) is 14.1. The molecule has 0 unspecified atom stereocenters. The van der Waals surface area contributed by atoms with Crippen molar-refractivity contribution in [1.82, 2.24) is 0 Å². The van der Waals surface area contributed by atoms with Crippen molar-refractivity contribution in [1.29, 1.82) is 0 Å². The normalized spacial score (nSPS) is 12.8. The van der Waals surface area contributed by atoms with E-state index in [1.807, 2.05) is 0 Å². The maximum atomic E-state index is 14.2. The van der Waals surface area contributed by atoms with Crippen LogP contribution in [0, 0.1) is 5.41 Å². The SMILES string of the molecule is CCCc1ccc(C(F)(F)C(C)(C)CN)cc1. The molecule has 0 heterocycles. The summed E-state index contributed by atoms with van der Waals surface area (Å²) < 4.78 is 28.3. The molecule has 17 heavy (non-hydrogen) atoms. The number of aryl methyl sites for hydroxylation is 1. The number of halogens is 2. The van der Waals surface area contributed by atoms with Crippen LogP contribution >= 0.6 is 0 Å². The third kappa shape index (κ3) is 2.83. The van der Waals surface area contributed by atoms with Crippen molar-refractivity contribution in [2.45, 2.75) is 39.5 Å². The molecule has 0 radical (unpaired) electrons. The highest BCUT2D eigenvalue weighted by Crippen LogP contribution is 2.43. The Morgan fingerprint density at radius 3 is 2.06 bits per heavy atom. The smallest absolute Gasteiger partial charge is 0.279 e. The fourth-order valence-corrected chi connectivity index (χ4v) is 1.69. The second-order valence-electron chi connectivity index (χ2n) is 5.11. The molecule has 96 valence electrons. The standard InChI is InChI=1S/C14H21F2N/c1-4-5-11-6-8-12(9-7-11)14(15,16)13(2,3)10-17/h6-9H,4-5,10,17H2,1-3H3. The van der Waals surface area contributed by atoms with Crippen molar-refractivity contribution in [3.8, 4) is 0 Å². The number of alkyl halides is 2. The van der Waals surface area contributed by atoms with Crippen molar-refractivity contribution in [2.75, 3.05) is 6.54 Å². The van der Waals surface area contributed by atoms with Gasteiger partial charge in [0.15, 0.2) is 0 Å². The van der Waals surface area contributed by atoms with E-state index in [-0.39, 0.29) is 12.1 Å². The zero-order valence-corrected chi connectivity index (χ0v) is 10.8. The lowest BCUT2D eigenvalue weighted by molar-refractivity contribution is -0.108. The van der Waals surface area contributed by atoms with Gasteiger partial charge in [0.25, 0.3) is 5.92 Å². The highest BCUT2D eigenvalue weighted by Gasteiger charge is 2.46. The molecular formula is C14H21F2N. The van der Waals surface area contributed by atoms with E-state index in [1.54, 1.807) is 12.1 Å². The van der Waals surface area contributed by atoms with Crippen LogP contribution in [0.5, 0.6) is 0 Å². The average molecular weight is 241 g/mol. The summed E-state index contributed by atoms with van der Waals surface area (Å²) in [6, 6.07) is 6.59. The van der Waals surface area contributed by atoms with Crippen LogP contribution in [0.25, 0.3) is 0 Å². The summed E-state index contributed by atoms with van der Waals surface area (Å²) in [6.45, 7) is 5.01. The Labute approximate surface area is 102 Å². The highest BCUT2D eigenvalue weighted by molar-refractivity contribution is 5.27. The van der Waals surface area contributed by atoms with Gasteiger partial charge in [0, 0.05) is 17.5 Å². The topological polar surface area (TPSA) is 26.0 Å². The van der Waals surface area contributed by atoms with Gasteiger partial charge in [-0.3, -0.25) is 0 Å². The lowest BCUT2D eigenvalue weighted by Gasteiger charge is -2.33. The minimum absolute atomic E-state index is 0.0449. The molecule has 0 aliphatic rings. The number of nitrogens with two attached hydrogens (primary N) is 1. The van der Waals surface area contributed by atoms with Crippen molar-refractivity contribution >= 4 is 0 Å². The first-order chi connectivity index (χ1) is 7.85. The Bertz CT molecular complexity index is 355. The Morgan fingerprint density at radius 1 is 1.12 bits per heavy atom. The van der Waals surface area contributed by atoms with E-state index >= 15 is 0 Å². The van der Waals surface area contributed by atoms with Crippen LogP contribution in [0.15, 0.2) is 24.3 Å². The van der Waals surface area contributed by atoms with Gasteiger partial charge in [-0.25, -0.2) is 8.78 Å². The van der Waals surface area contributed by atoms with Crippen LogP contribution in [-0.4, -0.2) is 6.54 Å². The number of rotatable bonds is 5. The van der Waals surface area contributed by atoms with Gasteiger partial charge in [-0.05, 0) is 12.0 Å². The fraction of sp³-hybridized carbons (Fsp3) is 0.571. The summed E-state index contributed by atoms with van der Waals surface area (Å²) in [7, 11) is 0. The zero-order chi connectivity index (χ0) is 13.1. The van der Waals surface area contributed by atoms with Crippen LogP contribution in [0.1, 0.15) is 38.3 Å². The molecule has 1 nitrogen and oxygen atoms in total. The summed E-state index contributed by atoms with van der Waals surface area (Å²) in [4.78, 5) is 0. The Balaban J connectivity index is 2.99. The van der Waals surface area contributed by atoms with Crippen LogP contribution in [0.4, 0.5) is 8.78 Å². The van der Waals surface area contributed by atoms with Gasteiger partial charge in [-0.1, -0.05) is 51.5 Å². The van der Waals surface area contributed by atoms with Crippen LogP contribution < -0.4 is 5.73 Å². The van der Waals surface area contributed by atoms with Gasteiger partial charge in [-0.2, -0.15) is 0 Å². The third-order valence-corrected chi connectivity index (χ3v) is 3.22. The monoisotopic (exact) mass is 241 g/mol. The minimum Gasteiger partial charge on any atom is -0.330 e. The molecule has 0 fully saturated rings. The number of hydrogen-bond donors (Lipinski definition) is 1. The van der Waals surface area contributed by atoms with E-state index < -0.39 is 11.3 Å². The summed E-state index contributed by atoms with van der Waals surface area (Å²) in [5.41, 5.74) is 5.35. The summed E-state index contributed by atoms with van der Waals surface area (Å²) >= 11 is 0. The van der Waals surface area contributed by atoms with Crippen molar-refractivity contribution in [3.63, 3.8) is 0 Å². The lowest BCUT2D eigenvalue weighted by atomic mass is 9.81. The molecular weight excluding hydrogens is 220 g/mol. The molecule has 1 rings (SSSR count). The maximum Gasteiger partial charge on any atom is 0.279 e. The van der Waals surface area contributed by atoms with Gasteiger partial charge in [0.2, 0.25) is 0 Å². The zero-order valence-electron chi connectivity index (χ0n) is 10.8. The predicted molar refractivity (Wildman–Crippen MR) is 67.2 cm³/mol. The highest BCUT2D eigenvalue weighted by atomic mass is 19.3. The minimum atomic E-state index is -2.90. The molecule has 0 aliphatic carbocycles. The van der Waals surface area contributed by atoms with Gasteiger partial charge >= 0.3 is 0 Å². The van der Waals surface area contributed by atoms with E-state index in [9.17, 15) is 8.78 Å². The second kappa shape index (κ2) is 5.13. The fourth-order valence-electron chi connectivity index (χ4n) is 1.69. The van der Waals surface area contributed by atoms with E-state index in [4.69, 9.17) is 5.73 Å². The molecule has 3 heteroatoms. The second-order valence-corrected chi connectivity index (χ2v) is 5.11. The predicted octanol–water partition coefficient (Wildman–Crippen LogP) is 3.72. The molecule has 0 saturated heterocycles. The first-order valence-corrected chi connectivity index (χ1v) is 6.02. The van der Waals surface area contributed by atoms with Crippen molar-refractivity contribution in [3.05, 3.63) is 35.4 Å². The molecule has 0 bridgehead atoms. The van der Waals surface area contributed by atoms with E-state index in [0.29, 0.717) is 0 Å². The van der Waals surface area contributed by atoms with Crippen molar-refractivity contribution < 1.29 is 8.78 Å². The van der Waals surface area contributed by atoms with Gasteiger partial charge in [0.05, 0.1) is 0 Å². The molecule has 0 aromatic heterocycles. The van der Waals surface area contributed by atoms with Crippen molar-refractivity contribution in [2.24, 2.45) is 11.1 Å². The molecule has 0 spiro atoms. The Kier molecular flexibility index (Phi) is 4.26.